The molecule has 5 nitrogen and oxygen atoms in total. The second-order valence-electron chi connectivity index (χ2n) is 6.37. The number of para-hydroxylation sites is 1. The van der Waals surface area contributed by atoms with Crippen LogP contribution in [0.25, 0.3) is 0 Å². The van der Waals surface area contributed by atoms with Gasteiger partial charge in [-0.3, -0.25) is 0 Å². The first kappa shape index (κ1) is 21.6. The van der Waals surface area contributed by atoms with Crippen LogP contribution in [0.5, 0.6) is 5.75 Å². The number of halogens is 3. The lowest BCUT2D eigenvalue weighted by Gasteiger charge is -2.11. The molecule has 0 spiro atoms. The molecule has 0 fully saturated rings. The summed E-state index contributed by atoms with van der Waals surface area (Å²) in [4.78, 5) is 12.0. The predicted octanol–water partition coefficient (Wildman–Crippen LogP) is 6.18. The Morgan fingerprint density at radius 3 is 2.53 bits per heavy atom. The van der Waals surface area contributed by atoms with E-state index in [2.05, 4.69) is 15.8 Å². The Bertz CT molecular complexity index is 1070. The van der Waals surface area contributed by atoms with E-state index in [1.807, 2.05) is 25.1 Å². The molecule has 0 heterocycles. The predicted molar refractivity (Wildman–Crippen MR) is 118 cm³/mol. The number of nitrogens with one attached hydrogen (secondary N) is 2. The van der Waals surface area contributed by atoms with Crippen LogP contribution in [0.15, 0.2) is 65.8 Å². The molecule has 0 aromatic heterocycles. The van der Waals surface area contributed by atoms with Crippen LogP contribution in [-0.2, 0) is 6.61 Å². The Morgan fingerprint density at radius 2 is 1.83 bits per heavy atom. The molecule has 154 valence electrons. The third kappa shape index (κ3) is 5.95. The number of ether oxygens (including phenoxy) is 1. The number of benzene rings is 3. The number of hydrogen-bond donors (Lipinski definition) is 2. The van der Waals surface area contributed by atoms with Crippen LogP contribution in [0.1, 0.15) is 16.7 Å². The number of rotatable bonds is 6. The summed E-state index contributed by atoms with van der Waals surface area (Å²) in [5, 5.41) is 7.13. The lowest BCUT2D eigenvalue weighted by molar-refractivity contribution is 0.252. The van der Waals surface area contributed by atoms with Gasteiger partial charge in [-0.05, 0) is 53.9 Å². The first-order valence-electron chi connectivity index (χ1n) is 8.94. The summed E-state index contributed by atoms with van der Waals surface area (Å²) in [7, 11) is 0. The van der Waals surface area contributed by atoms with Crippen LogP contribution in [0.2, 0.25) is 10.0 Å². The van der Waals surface area contributed by atoms with Crippen molar-refractivity contribution in [3.05, 3.63) is 93.2 Å². The average molecular weight is 446 g/mol. The minimum absolute atomic E-state index is 0.116. The Balaban J connectivity index is 1.60. The minimum atomic E-state index is -0.479. The second kappa shape index (κ2) is 10.1. The van der Waals surface area contributed by atoms with Gasteiger partial charge in [0, 0.05) is 5.69 Å². The van der Waals surface area contributed by atoms with Gasteiger partial charge in [0.2, 0.25) is 0 Å². The van der Waals surface area contributed by atoms with Crippen molar-refractivity contribution in [3.63, 3.8) is 0 Å². The number of hydrazone groups is 1. The number of hydrogen-bond acceptors (Lipinski definition) is 3. The van der Waals surface area contributed by atoms with E-state index >= 15 is 0 Å². The van der Waals surface area contributed by atoms with Gasteiger partial charge >= 0.3 is 6.03 Å². The summed E-state index contributed by atoms with van der Waals surface area (Å²) >= 11 is 12.5. The maximum atomic E-state index is 13.3. The molecule has 0 unspecified atom stereocenters. The summed E-state index contributed by atoms with van der Waals surface area (Å²) in [6.45, 7) is 2.01. The molecule has 0 saturated carbocycles. The van der Waals surface area contributed by atoms with E-state index in [-0.39, 0.29) is 28.2 Å². The molecule has 3 aromatic rings. The van der Waals surface area contributed by atoms with Gasteiger partial charge in [-0.25, -0.2) is 14.6 Å². The number of amides is 2. The van der Waals surface area contributed by atoms with Crippen molar-refractivity contribution >= 4 is 41.1 Å². The van der Waals surface area contributed by atoms with Gasteiger partial charge in [0.05, 0.1) is 16.3 Å². The Morgan fingerprint density at radius 1 is 1.10 bits per heavy atom. The normalized spacial score (nSPS) is 10.8. The molecule has 3 aromatic carbocycles. The fraction of sp³-hybridized carbons (Fsp3) is 0.0909. The second-order valence-corrected chi connectivity index (χ2v) is 7.19. The standard InChI is InChI=1S/C22H18Cl2FN3O2/c1-14-5-2-3-8-20(14)27-22(29)28-26-12-16-10-18(23)21(19(24)11-16)30-13-15-6-4-7-17(25)9-15/h2-12H,13H2,1H3,(H2,27,28,29). The van der Waals surface area contributed by atoms with Gasteiger partial charge in [-0.1, -0.05) is 53.5 Å². The topological polar surface area (TPSA) is 62.7 Å². The SMILES string of the molecule is Cc1ccccc1NC(=O)NN=Cc1cc(Cl)c(OCc2cccc(F)c2)c(Cl)c1. The van der Waals surface area contributed by atoms with Gasteiger partial charge in [0.1, 0.15) is 12.4 Å². The van der Waals surface area contributed by atoms with Crippen molar-refractivity contribution in [1.82, 2.24) is 5.43 Å². The van der Waals surface area contributed by atoms with Gasteiger partial charge in [0.15, 0.2) is 5.75 Å². The molecular formula is C22H18Cl2FN3O2. The molecule has 0 aliphatic carbocycles. The van der Waals surface area contributed by atoms with Crippen LogP contribution >= 0.6 is 23.2 Å². The van der Waals surface area contributed by atoms with Crippen molar-refractivity contribution in [3.8, 4) is 5.75 Å². The van der Waals surface area contributed by atoms with E-state index in [0.717, 1.165) is 5.56 Å². The van der Waals surface area contributed by atoms with E-state index in [4.69, 9.17) is 27.9 Å². The highest BCUT2D eigenvalue weighted by molar-refractivity contribution is 6.37. The number of nitrogens with zero attached hydrogens (tertiary/aromatic N) is 1. The van der Waals surface area contributed by atoms with Crippen molar-refractivity contribution < 1.29 is 13.9 Å². The summed E-state index contributed by atoms with van der Waals surface area (Å²) in [5.41, 5.74) is 5.22. The third-order valence-electron chi connectivity index (χ3n) is 4.07. The van der Waals surface area contributed by atoms with Crippen LogP contribution in [-0.4, -0.2) is 12.2 Å². The van der Waals surface area contributed by atoms with Gasteiger partial charge in [0.25, 0.3) is 0 Å². The molecule has 3 rings (SSSR count). The van der Waals surface area contributed by atoms with Gasteiger partial charge in [-0.15, -0.1) is 0 Å². The highest BCUT2D eigenvalue weighted by Crippen LogP contribution is 2.34. The lowest BCUT2D eigenvalue weighted by atomic mass is 10.2. The number of carbonyl (C=O) groups excluding carboxylic acids is 1. The van der Waals surface area contributed by atoms with E-state index in [0.29, 0.717) is 16.8 Å². The molecule has 0 bridgehead atoms. The zero-order valence-corrected chi connectivity index (χ0v) is 17.5. The molecule has 8 heteroatoms. The number of anilines is 1. The molecule has 0 atom stereocenters. The molecular weight excluding hydrogens is 428 g/mol. The van der Waals surface area contributed by atoms with Crippen molar-refractivity contribution in [2.45, 2.75) is 13.5 Å². The van der Waals surface area contributed by atoms with Gasteiger partial charge < -0.3 is 10.1 Å². The number of aryl methyl sites for hydroxylation is 1. The van der Waals surface area contributed by atoms with E-state index in [1.54, 1.807) is 30.3 Å². The smallest absolute Gasteiger partial charge is 0.339 e. The van der Waals surface area contributed by atoms with Crippen LogP contribution in [0.4, 0.5) is 14.9 Å². The minimum Gasteiger partial charge on any atom is -0.486 e. The summed E-state index contributed by atoms with van der Waals surface area (Å²) in [5.74, 6) is -0.0659. The van der Waals surface area contributed by atoms with E-state index < -0.39 is 6.03 Å². The number of urea groups is 1. The zero-order valence-electron chi connectivity index (χ0n) is 16.0. The third-order valence-corrected chi connectivity index (χ3v) is 4.63. The van der Waals surface area contributed by atoms with E-state index in [9.17, 15) is 9.18 Å². The average Bonchev–Trinajstić information content (AvgIpc) is 2.69. The quantitative estimate of drug-likeness (QED) is 0.351. The van der Waals surface area contributed by atoms with Crippen LogP contribution in [0, 0.1) is 12.7 Å². The molecule has 2 N–H and O–H groups in total. The molecule has 2 amide bonds. The summed E-state index contributed by atoms with van der Waals surface area (Å²) in [6.07, 6.45) is 1.41. The highest BCUT2D eigenvalue weighted by atomic mass is 35.5. The Kier molecular flexibility index (Phi) is 7.27. The molecule has 0 aliphatic heterocycles. The zero-order chi connectivity index (χ0) is 21.5. The van der Waals surface area contributed by atoms with Crippen molar-refractivity contribution in [2.24, 2.45) is 5.10 Å². The molecule has 30 heavy (non-hydrogen) atoms. The fourth-order valence-electron chi connectivity index (χ4n) is 2.60. The molecule has 0 saturated heterocycles. The highest BCUT2D eigenvalue weighted by Gasteiger charge is 2.10. The molecule has 0 radical (unpaired) electrons. The van der Waals surface area contributed by atoms with Crippen LogP contribution < -0.4 is 15.5 Å². The molecule has 0 aliphatic rings. The van der Waals surface area contributed by atoms with Crippen LogP contribution in [0.3, 0.4) is 0 Å². The lowest BCUT2D eigenvalue weighted by Crippen LogP contribution is -2.24. The van der Waals surface area contributed by atoms with E-state index in [1.165, 1.54) is 18.3 Å². The Hall–Kier alpha value is -3.09. The largest absolute Gasteiger partial charge is 0.486 e. The first-order chi connectivity index (χ1) is 14.4. The monoisotopic (exact) mass is 445 g/mol. The maximum absolute atomic E-state index is 13.3. The summed E-state index contributed by atoms with van der Waals surface area (Å²) < 4.78 is 18.9. The van der Waals surface area contributed by atoms with Gasteiger partial charge in [-0.2, -0.15) is 5.10 Å². The Labute approximate surface area is 183 Å². The van der Waals surface area contributed by atoms with Crippen molar-refractivity contribution in [1.29, 1.82) is 0 Å². The maximum Gasteiger partial charge on any atom is 0.339 e. The fourth-order valence-corrected chi connectivity index (χ4v) is 3.22. The van der Waals surface area contributed by atoms with Crippen molar-refractivity contribution in [2.75, 3.05) is 5.32 Å². The number of carbonyl (C=O) groups is 1. The summed E-state index contributed by atoms with van der Waals surface area (Å²) in [6, 6.07) is 16.2. The first-order valence-corrected chi connectivity index (χ1v) is 9.70.